The maximum atomic E-state index is 11.4. The highest BCUT2D eigenvalue weighted by atomic mass is 16.5. The second-order valence-electron chi connectivity index (χ2n) is 4.78. The number of methoxy groups -OCH3 is 1. The Balaban J connectivity index is 2.05. The van der Waals surface area contributed by atoms with Gasteiger partial charge < -0.3 is 14.2 Å². The van der Waals surface area contributed by atoms with Crippen LogP contribution in [0.4, 0.5) is 0 Å². The van der Waals surface area contributed by atoms with Gasteiger partial charge in [-0.3, -0.25) is 9.69 Å². The van der Waals surface area contributed by atoms with E-state index in [-0.39, 0.29) is 12.1 Å². The zero-order valence-electron chi connectivity index (χ0n) is 11.7. The van der Waals surface area contributed by atoms with Gasteiger partial charge in [0, 0.05) is 26.2 Å². The van der Waals surface area contributed by atoms with Gasteiger partial charge in [-0.25, -0.2) is 0 Å². The summed E-state index contributed by atoms with van der Waals surface area (Å²) in [5.41, 5.74) is 0. The van der Waals surface area contributed by atoms with Crippen molar-refractivity contribution >= 4 is 5.97 Å². The predicted octanol–water partition coefficient (Wildman–Crippen LogP) is 1.07. The van der Waals surface area contributed by atoms with Crippen LogP contribution in [0.25, 0.3) is 0 Å². The van der Waals surface area contributed by atoms with Crippen LogP contribution in [0.1, 0.15) is 26.7 Å². The summed E-state index contributed by atoms with van der Waals surface area (Å²) in [6, 6.07) is 0.461. The first-order valence-electron chi connectivity index (χ1n) is 6.63. The van der Waals surface area contributed by atoms with Crippen LogP contribution in [0.2, 0.25) is 0 Å². The standard InChI is InChI=1S/C13H25NO4/c1-11-10-17-8-6-14(11)5-4-7-18-13(15)9-12(2)16-3/h11-12H,4-10H2,1-3H3/t11-,12-/m1/s1. The molecule has 0 N–H and O–H groups in total. The number of carbonyl (C=O) groups excluding carboxylic acids is 1. The van der Waals surface area contributed by atoms with E-state index >= 15 is 0 Å². The fourth-order valence-corrected chi connectivity index (χ4v) is 1.92. The van der Waals surface area contributed by atoms with Gasteiger partial charge in [-0.1, -0.05) is 0 Å². The molecule has 0 unspecified atom stereocenters. The van der Waals surface area contributed by atoms with Crippen molar-refractivity contribution in [1.29, 1.82) is 0 Å². The van der Waals surface area contributed by atoms with Crippen molar-refractivity contribution < 1.29 is 19.0 Å². The molecule has 0 bridgehead atoms. The average Bonchev–Trinajstić information content (AvgIpc) is 2.36. The van der Waals surface area contributed by atoms with Crippen molar-refractivity contribution in [3.05, 3.63) is 0 Å². The number of esters is 1. The highest BCUT2D eigenvalue weighted by molar-refractivity contribution is 5.69. The SMILES string of the molecule is CO[C@H](C)CC(=O)OCCCN1CCOC[C@H]1C. The molecule has 1 aliphatic rings. The summed E-state index contributed by atoms with van der Waals surface area (Å²) in [6.45, 7) is 8.02. The molecule has 0 aromatic carbocycles. The Morgan fingerprint density at radius 1 is 1.56 bits per heavy atom. The van der Waals surface area contributed by atoms with Gasteiger partial charge in [-0.15, -0.1) is 0 Å². The van der Waals surface area contributed by atoms with Crippen LogP contribution >= 0.6 is 0 Å². The summed E-state index contributed by atoms with van der Waals surface area (Å²) in [4.78, 5) is 13.8. The Morgan fingerprint density at radius 3 is 3.00 bits per heavy atom. The first-order chi connectivity index (χ1) is 8.63. The molecule has 0 aliphatic carbocycles. The molecule has 0 aromatic heterocycles. The normalized spacial score (nSPS) is 22.7. The van der Waals surface area contributed by atoms with E-state index in [1.54, 1.807) is 7.11 Å². The highest BCUT2D eigenvalue weighted by Crippen LogP contribution is 2.06. The molecule has 106 valence electrons. The lowest BCUT2D eigenvalue weighted by molar-refractivity contribution is -0.146. The second-order valence-corrected chi connectivity index (χ2v) is 4.78. The van der Waals surface area contributed by atoms with Crippen molar-refractivity contribution in [2.75, 3.05) is 40.0 Å². The molecule has 0 aromatic rings. The van der Waals surface area contributed by atoms with Gasteiger partial charge >= 0.3 is 5.97 Å². The van der Waals surface area contributed by atoms with E-state index in [1.165, 1.54) is 0 Å². The smallest absolute Gasteiger partial charge is 0.308 e. The van der Waals surface area contributed by atoms with Crippen LogP contribution in [0, 0.1) is 0 Å². The summed E-state index contributed by atoms with van der Waals surface area (Å²) >= 11 is 0. The monoisotopic (exact) mass is 259 g/mol. The third-order valence-electron chi connectivity index (χ3n) is 3.21. The maximum Gasteiger partial charge on any atom is 0.308 e. The Kier molecular flexibility index (Phi) is 7.23. The molecule has 0 radical (unpaired) electrons. The minimum atomic E-state index is -0.181. The van der Waals surface area contributed by atoms with Crippen molar-refractivity contribution in [2.45, 2.75) is 38.8 Å². The van der Waals surface area contributed by atoms with Crippen LogP contribution in [0.3, 0.4) is 0 Å². The summed E-state index contributed by atoms with van der Waals surface area (Å²) in [7, 11) is 1.60. The van der Waals surface area contributed by atoms with Crippen LogP contribution in [-0.2, 0) is 19.0 Å². The molecule has 18 heavy (non-hydrogen) atoms. The Bertz CT molecular complexity index is 247. The van der Waals surface area contributed by atoms with Gasteiger partial charge in [0.25, 0.3) is 0 Å². The van der Waals surface area contributed by atoms with Gasteiger partial charge in [0.05, 0.1) is 32.3 Å². The van der Waals surface area contributed by atoms with Crippen molar-refractivity contribution in [1.82, 2.24) is 4.90 Å². The maximum absolute atomic E-state index is 11.4. The van der Waals surface area contributed by atoms with Gasteiger partial charge in [0.2, 0.25) is 0 Å². The largest absolute Gasteiger partial charge is 0.466 e. The summed E-state index contributed by atoms with van der Waals surface area (Å²) < 4.78 is 15.5. The lowest BCUT2D eigenvalue weighted by atomic mass is 10.2. The molecule has 1 heterocycles. The molecule has 5 nitrogen and oxygen atoms in total. The quantitative estimate of drug-likeness (QED) is 0.505. The van der Waals surface area contributed by atoms with Gasteiger partial charge in [-0.2, -0.15) is 0 Å². The molecule has 5 heteroatoms. The predicted molar refractivity (Wildman–Crippen MR) is 68.5 cm³/mol. The van der Waals surface area contributed by atoms with Gasteiger partial charge in [-0.05, 0) is 20.3 Å². The average molecular weight is 259 g/mol. The lowest BCUT2D eigenvalue weighted by Crippen LogP contribution is -2.44. The fourth-order valence-electron chi connectivity index (χ4n) is 1.92. The number of morpholine rings is 1. The summed E-state index contributed by atoms with van der Waals surface area (Å²) in [5, 5.41) is 0. The van der Waals surface area contributed by atoms with Crippen LogP contribution < -0.4 is 0 Å². The number of hydrogen-bond donors (Lipinski definition) is 0. The van der Waals surface area contributed by atoms with Gasteiger partial charge in [0.15, 0.2) is 0 Å². The lowest BCUT2D eigenvalue weighted by Gasteiger charge is -2.33. The molecule has 1 saturated heterocycles. The third-order valence-corrected chi connectivity index (χ3v) is 3.21. The van der Waals surface area contributed by atoms with Crippen molar-refractivity contribution in [3.63, 3.8) is 0 Å². The zero-order valence-corrected chi connectivity index (χ0v) is 11.7. The third kappa shape index (κ3) is 5.80. The Hall–Kier alpha value is -0.650. The van der Waals surface area contributed by atoms with E-state index < -0.39 is 0 Å². The summed E-state index contributed by atoms with van der Waals surface area (Å²) in [6.07, 6.45) is 1.12. The molecule has 1 fully saturated rings. The molecule has 1 aliphatic heterocycles. The summed E-state index contributed by atoms with van der Waals surface area (Å²) in [5.74, 6) is -0.181. The van der Waals surface area contributed by atoms with E-state index in [9.17, 15) is 4.79 Å². The van der Waals surface area contributed by atoms with E-state index in [2.05, 4.69) is 11.8 Å². The van der Waals surface area contributed by atoms with E-state index in [0.717, 1.165) is 32.7 Å². The molecule has 1 rings (SSSR count). The molecular weight excluding hydrogens is 234 g/mol. The molecule has 0 amide bonds. The van der Waals surface area contributed by atoms with Crippen LogP contribution in [0.5, 0.6) is 0 Å². The van der Waals surface area contributed by atoms with Crippen LogP contribution in [-0.4, -0.2) is 63.0 Å². The van der Waals surface area contributed by atoms with E-state index in [1.807, 2.05) is 6.92 Å². The van der Waals surface area contributed by atoms with Crippen molar-refractivity contribution in [2.24, 2.45) is 0 Å². The number of rotatable bonds is 7. The van der Waals surface area contributed by atoms with E-state index in [0.29, 0.717) is 19.1 Å². The molecule has 0 spiro atoms. The topological polar surface area (TPSA) is 48.0 Å². The highest BCUT2D eigenvalue weighted by Gasteiger charge is 2.18. The number of ether oxygens (including phenoxy) is 3. The first-order valence-corrected chi connectivity index (χ1v) is 6.63. The van der Waals surface area contributed by atoms with Crippen molar-refractivity contribution in [3.8, 4) is 0 Å². The minimum absolute atomic E-state index is 0.0724. The van der Waals surface area contributed by atoms with Gasteiger partial charge in [0.1, 0.15) is 0 Å². The van der Waals surface area contributed by atoms with E-state index in [4.69, 9.17) is 14.2 Å². The molecule has 0 saturated carbocycles. The number of nitrogens with zero attached hydrogens (tertiary/aromatic N) is 1. The fraction of sp³-hybridized carbons (Fsp3) is 0.923. The number of hydrogen-bond acceptors (Lipinski definition) is 5. The number of carbonyl (C=O) groups is 1. The zero-order chi connectivity index (χ0) is 13.4. The first kappa shape index (κ1) is 15.4. The molecule has 2 atom stereocenters. The van der Waals surface area contributed by atoms with Crippen LogP contribution in [0.15, 0.2) is 0 Å². The Morgan fingerprint density at radius 2 is 2.33 bits per heavy atom. The molecular formula is C13H25NO4. The minimum Gasteiger partial charge on any atom is -0.466 e. The second kappa shape index (κ2) is 8.45. The Labute approximate surface area is 109 Å².